The van der Waals surface area contributed by atoms with Gasteiger partial charge in [-0.15, -0.1) is 0 Å². The Kier molecular flexibility index (Phi) is 12.6. The second-order valence-corrected chi connectivity index (χ2v) is 9.91. The molecule has 1 aliphatic heterocycles. The summed E-state index contributed by atoms with van der Waals surface area (Å²) in [5, 5.41) is 41.4. The molecule has 0 aromatic rings. The van der Waals surface area contributed by atoms with Crippen LogP contribution in [0, 0.1) is 0 Å². The number of rotatable bonds is 8. The van der Waals surface area contributed by atoms with Crippen molar-refractivity contribution in [1.82, 2.24) is 0 Å². The minimum absolute atomic E-state index is 0. The number of sulfone groups is 1. The second kappa shape index (κ2) is 12.1. The Morgan fingerprint density at radius 3 is 2.26 bits per heavy atom. The maximum atomic E-state index is 11.2. The van der Waals surface area contributed by atoms with Gasteiger partial charge in [0.05, 0.1) is 12.4 Å². The minimum atomic E-state index is -5.16. The van der Waals surface area contributed by atoms with Crippen LogP contribution in [0.2, 0.25) is 0 Å². The number of aliphatic hydroxyl groups is 4. The Bertz CT molecular complexity index is 696. The first-order valence-electron chi connectivity index (χ1n) is 7.20. The average molecular weight is 478 g/mol. The molecule has 0 spiro atoms. The fraction of sp³-hybridized carbons (Fsp3) is 0.909. The van der Waals surface area contributed by atoms with Gasteiger partial charge in [-0.05, 0) is 6.42 Å². The third-order valence-electron chi connectivity index (χ3n) is 3.24. The normalized spacial score (nSPS) is 29.9. The molecule has 1 aliphatic rings. The summed E-state index contributed by atoms with van der Waals surface area (Å²) in [6.07, 6.45) is -5.23. The third-order valence-corrected chi connectivity index (χ3v) is 5.70. The summed E-state index contributed by atoms with van der Waals surface area (Å²) in [7, 11) is -8.47. The maximum absolute atomic E-state index is 11.2. The van der Waals surface area contributed by atoms with Gasteiger partial charge in [-0.2, -0.15) is 8.42 Å². The Morgan fingerprint density at radius 2 is 1.78 bits per heavy atom. The van der Waals surface area contributed by atoms with Gasteiger partial charge in [0, 0.05) is 12.7 Å². The van der Waals surface area contributed by atoms with Crippen molar-refractivity contribution in [2.24, 2.45) is 5.16 Å². The van der Waals surface area contributed by atoms with Crippen LogP contribution >= 0.6 is 11.8 Å². The molecule has 0 radical (unpaired) electrons. The van der Waals surface area contributed by atoms with Crippen LogP contribution < -0.4 is 51.4 Å². The number of hydrogen-bond donors (Lipinski definition) is 4. The standard InChI is InChI=1S/C11H21NO11S3.K/c1-25(17,18)4-2-3-7(12-23-26(19,20)21)24-11-10(16)9(15)8(14)6(5-13)22-11;/h6,8-11,13-16H,2-5H2,1H3,(H,19,20,21);/q;+1/p-1/b12-7+;/t6-,8-,9+,10-,11?;/m1./s1. The van der Waals surface area contributed by atoms with Crippen molar-refractivity contribution < 1.29 is 102 Å². The van der Waals surface area contributed by atoms with Crippen molar-refractivity contribution in [2.45, 2.75) is 42.7 Å². The molecule has 0 aromatic carbocycles. The Hall–Kier alpha value is 1.12. The molecule has 1 fully saturated rings. The molecule has 0 aliphatic carbocycles. The molecular weight excluding hydrogens is 457 g/mol. The number of nitrogens with zero attached hydrogens (tertiary/aromatic N) is 1. The van der Waals surface area contributed by atoms with E-state index in [9.17, 15) is 36.7 Å². The maximum Gasteiger partial charge on any atom is 1.00 e. The summed E-state index contributed by atoms with van der Waals surface area (Å²) >= 11 is 0.562. The molecular formula is C11H20KNO11S3. The molecule has 5 atom stereocenters. The summed E-state index contributed by atoms with van der Waals surface area (Å²) in [5.74, 6) is -0.259. The van der Waals surface area contributed by atoms with E-state index in [-0.39, 0.29) is 75.0 Å². The SMILES string of the molecule is CS(=O)(=O)CCC/C(=N\OS(=O)(=O)[O-])SC1O[C@H](CO)[C@@H](O)[C@H](O)[C@H]1O.[K+]. The first-order chi connectivity index (χ1) is 11.8. The third kappa shape index (κ3) is 10.6. The van der Waals surface area contributed by atoms with Crippen LogP contribution in [0.4, 0.5) is 0 Å². The summed E-state index contributed by atoms with van der Waals surface area (Å²) in [5.41, 5.74) is -1.29. The van der Waals surface area contributed by atoms with Gasteiger partial charge in [0.15, 0.2) is 0 Å². The van der Waals surface area contributed by atoms with E-state index in [2.05, 4.69) is 9.44 Å². The van der Waals surface area contributed by atoms with Gasteiger partial charge >= 0.3 is 51.4 Å². The number of thioether (sulfide) groups is 1. The molecule has 16 heteroatoms. The van der Waals surface area contributed by atoms with Gasteiger partial charge < -0.3 is 29.7 Å². The van der Waals surface area contributed by atoms with Crippen LogP contribution in [0.15, 0.2) is 5.16 Å². The summed E-state index contributed by atoms with van der Waals surface area (Å²) in [6.45, 7) is -0.673. The molecule has 0 bridgehead atoms. The van der Waals surface area contributed by atoms with E-state index in [1.54, 1.807) is 0 Å². The summed E-state index contributed by atoms with van der Waals surface area (Å²) in [6, 6.07) is 0. The van der Waals surface area contributed by atoms with Crippen molar-refractivity contribution in [3.8, 4) is 0 Å². The second-order valence-electron chi connectivity index (χ2n) is 5.52. The Morgan fingerprint density at radius 1 is 1.19 bits per heavy atom. The van der Waals surface area contributed by atoms with Crippen molar-refractivity contribution in [3.63, 3.8) is 0 Å². The van der Waals surface area contributed by atoms with Gasteiger partial charge in [0.25, 0.3) is 10.4 Å². The van der Waals surface area contributed by atoms with Crippen molar-refractivity contribution >= 4 is 37.0 Å². The summed E-state index contributed by atoms with van der Waals surface area (Å²) < 4.78 is 62.9. The predicted molar refractivity (Wildman–Crippen MR) is 88.5 cm³/mol. The topological polar surface area (TPSA) is 203 Å². The first-order valence-corrected chi connectivity index (χ1v) is 11.5. The largest absolute Gasteiger partial charge is 1.00 e. The first kappa shape index (κ1) is 28.1. The van der Waals surface area contributed by atoms with E-state index >= 15 is 0 Å². The van der Waals surface area contributed by atoms with Gasteiger partial charge in [0.2, 0.25) is 0 Å². The van der Waals surface area contributed by atoms with E-state index in [1.807, 2.05) is 0 Å². The van der Waals surface area contributed by atoms with E-state index in [1.165, 1.54) is 0 Å². The van der Waals surface area contributed by atoms with Gasteiger partial charge in [-0.1, -0.05) is 16.9 Å². The zero-order valence-electron chi connectivity index (χ0n) is 14.5. The molecule has 4 N–H and O–H groups in total. The minimum Gasteiger partial charge on any atom is -0.714 e. The van der Waals surface area contributed by atoms with Crippen LogP contribution in [-0.4, -0.2) is 95.3 Å². The zero-order valence-corrected chi connectivity index (χ0v) is 20.1. The van der Waals surface area contributed by atoms with E-state index in [0.29, 0.717) is 11.8 Å². The quantitative estimate of drug-likeness (QED) is 0.0644. The monoisotopic (exact) mass is 477 g/mol. The molecule has 1 unspecified atom stereocenters. The molecule has 1 saturated heterocycles. The molecule has 0 saturated carbocycles. The summed E-state index contributed by atoms with van der Waals surface area (Å²) in [4.78, 5) is 0. The predicted octanol–water partition coefficient (Wildman–Crippen LogP) is -5.86. The Balaban J connectivity index is 0.00000676. The fourth-order valence-electron chi connectivity index (χ4n) is 2.00. The fourth-order valence-corrected chi connectivity index (χ4v) is 4.00. The number of ether oxygens (including phenoxy) is 1. The molecule has 154 valence electrons. The molecule has 27 heavy (non-hydrogen) atoms. The number of hydrogen-bond acceptors (Lipinski definition) is 13. The van der Waals surface area contributed by atoms with E-state index in [4.69, 9.17) is 9.84 Å². The Labute approximate surface area is 203 Å². The van der Waals surface area contributed by atoms with Gasteiger partial charge in [-0.3, -0.25) is 4.28 Å². The molecule has 12 nitrogen and oxygen atoms in total. The average Bonchev–Trinajstić information content (AvgIpc) is 2.50. The van der Waals surface area contributed by atoms with Crippen molar-refractivity contribution in [2.75, 3.05) is 18.6 Å². The molecule has 0 amide bonds. The number of oxime groups is 1. The van der Waals surface area contributed by atoms with Gasteiger partial charge in [0.1, 0.15) is 44.7 Å². The van der Waals surface area contributed by atoms with Crippen LogP contribution in [0.25, 0.3) is 0 Å². The molecule has 0 aromatic heterocycles. The number of aliphatic hydroxyl groups excluding tert-OH is 4. The zero-order chi connectivity index (χ0) is 20.1. The van der Waals surface area contributed by atoms with Crippen LogP contribution in [-0.2, 0) is 29.3 Å². The molecule has 1 rings (SSSR count). The van der Waals surface area contributed by atoms with E-state index < -0.39 is 56.7 Å². The molecule has 1 heterocycles. The smallest absolute Gasteiger partial charge is 0.714 e. The van der Waals surface area contributed by atoms with Crippen molar-refractivity contribution in [1.29, 1.82) is 0 Å². The van der Waals surface area contributed by atoms with Crippen molar-refractivity contribution in [3.05, 3.63) is 0 Å². The van der Waals surface area contributed by atoms with Crippen LogP contribution in [0.3, 0.4) is 0 Å². The van der Waals surface area contributed by atoms with Gasteiger partial charge in [-0.25, -0.2) is 8.42 Å². The van der Waals surface area contributed by atoms with Crippen LogP contribution in [0.5, 0.6) is 0 Å². The van der Waals surface area contributed by atoms with E-state index in [0.717, 1.165) is 6.26 Å². The van der Waals surface area contributed by atoms with Crippen LogP contribution in [0.1, 0.15) is 12.8 Å².